The molecule has 1 aromatic carbocycles. The molecule has 0 aliphatic rings. The summed E-state index contributed by atoms with van der Waals surface area (Å²) in [5.41, 5.74) is 3.55. The van der Waals surface area contributed by atoms with Crippen LogP contribution in [-0.4, -0.2) is 28.5 Å². The van der Waals surface area contributed by atoms with E-state index < -0.39 is 11.9 Å². The van der Waals surface area contributed by atoms with Crippen LogP contribution in [0, 0.1) is 12.8 Å². The molecule has 0 aliphatic heterocycles. The molecule has 27 heavy (non-hydrogen) atoms. The molecule has 7 heteroatoms. The van der Waals surface area contributed by atoms with Gasteiger partial charge in [0.2, 0.25) is 5.91 Å². The summed E-state index contributed by atoms with van der Waals surface area (Å²) in [7, 11) is 0. The first kappa shape index (κ1) is 18.8. The second kappa shape index (κ2) is 8.64. The highest BCUT2D eigenvalue weighted by atomic mass is 32.1. The number of carboxylic acids is 1. The van der Waals surface area contributed by atoms with Gasteiger partial charge in [0, 0.05) is 17.5 Å². The van der Waals surface area contributed by atoms with Crippen LogP contribution in [0.4, 0.5) is 0 Å². The van der Waals surface area contributed by atoms with E-state index in [9.17, 15) is 14.7 Å². The number of thiazole rings is 1. The molecule has 0 radical (unpaired) electrons. The fraction of sp³-hybridized carbons (Fsp3) is 0.250. The summed E-state index contributed by atoms with van der Waals surface area (Å²) in [4.78, 5) is 28.1. The van der Waals surface area contributed by atoms with Gasteiger partial charge in [-0.1, -0.05) is 29.8 Å². The van der Waals surface area contributed by atoms with Gasteiger partial charge in [0.05, 0.1) is 24.3 Å². The molecular formula is C20H20N2O4S. The summed E-state index contributed by atoms with van der Waals surface area (Å²) in [6.45, 7) is 2.05. The minimum atomic E-state index is -0.923. The highest BCUT2D eigenvalue weighted by Crippen LogP contribution is 2.24. The van der Waals surface area contributed by atoms with E-state index in [-0.39, 0.29) is 18.9 Å². The molecule has 2 heterocycles. The van der Waals surface area contributed by atoms with Crippen molar-refractivity contribution >= 4 is 23.2 Å². The average molecular weight is 384 g/mol. The molecule has 1 amide bonds. The Morgan fingerprint density at radius 1 is 1.33 bits per heavy atom. The Balaban J connectivity index is 1.54. The van der Waals surface area contributed by atoms with Crippen molar-refractivity contribution in [2.24, 2.45) is 5.92 Å². The van der Waals surface area contributed by atoms with Crippen molar-refractivity contribution < 1.29 is 19.1 Å². The van der Waals surface area contributed by atoms with Gasteiger partial charge in [0.15, 0.2) is 0 Å². The van der Waals surface area contributed by atoms with Crippen molar-refractivity contribution in [1.29, 1.82) is 0 Å². The predicted octanol–water partition coefficient (Wildman–Crippen LogP) is 3.31. The maximum atomic E-state index is 12.2. The monoisotopic (exact) mass is 384 g/mol. The van der Waals surface area contributed by atoms with Crippen LogP contribution < -0.4 is 5.32 Å². The third-order valence-electron chi connectivity index (χ3n) is 4.12. The Hall–Kier alpha value is -2.93. The zero-order valence-corrected chi connectivity index (χ0v) is 15.7. The van der Waals surface area contributed by atoms with E-state index in [0.717, 1.165) is 21.7 Å². The van der Waals surface area contributed by atoms with Gasteiger partial charge in [-0.3, -0.25) is 9.59 Å². The fourth-order valence-electron chi connectivity index (χ4n) is 2.74. The van der Waals surface area contributed by atoms with E-state index >= 15 is 0 Å². The van der Waals surface area contributed by atoms with Crippen LogP contribution in [0.3, 0.4) is 0 Å². The molecule has 1 unspecified atom stereocenters. The smallest absolute Gasteiger partial charge is 0.308 e. The topological polar surface area (TPSA) is 92.4 Å². The average Bonchev–Trinajstić information content (AvgIpc) is 3.29. The highest BCUT2D eigenvalue weighted by molar-refractivity contribution is 7.13. The lowest BCUT2D eigenvalue weighted by molar-refractivity contribution is -0.141. The molecule has 0 spiro atoms. The molecule has 3 rings (SSSR count). The SMILES string of the molecule is Cc1cccc(CC(CNC(=O)Cc2csc(-c3ccoc3)n2)C(=O)O)c1. The van der Waals surface area contributed by atoms with Crippen molar-refractivity contribution in [2.45, 2.75) is 19.8 Å². The van der Waals surface area contributed by atoms with Crippen LogP contribution in [0.15, 0.2) is 52.7 Å². The number of aliphatic carboxylic acids is 1. The van der Waals surface area contributed by atoms with E-state index in [1.54, 1.807) is 12.5 Å². The van der Waals surface area contributed by atoms with Crippen LogP contribution in [0.25, 0.3) is 10.6 Å². The number of carbonyl (C=O) groups is 2. The summed E-state index contributed by atoms with van der Waals surface area (Å²) in [5, 5.41) is 14.8. The lowest BCUT2D eigenvalue weighted by Crippen LogP contribution is -2.35. The van der Waals surface area contributed by atoms with Crippen LogP contribution >= 0.6 is 11.3 Å². The number of amides is 1. The van der Waals surface area contributed by atoms with Gasteiger partial charge in [0.1, 0.15) is 11.3 Å². The normalized spacial score (nSPS) is 11.9. The molecule has 2 aromatic heterocycles. The molecule has 0 aliphatic carbocycles. The summed E-state index contributed by atoms with van der Waals surface area (Å²) < 4.78 is 5.03. The lowest BCUT2D eigenvalue weighted by Gasteiger charge is -2.13. The minimum Gasteiger partial charge on any atom is -0.481 e. The molecule has 140 valence electrons. The first-order valence-electron chi connectivity index (χ1n) is 8.53. The Morgan fingerprint density at radius 3 is 2.89 bits per heavy atom. The number of aryl methyl sites for hydroxylation is 1. The van der Waals surface area contributed by atoms with Crippen molar-refractivity contribution in [3.8, 4) is 10.6 Å². The van der Waals surface area contributed by atoms with Gasteiger partial charge >= 0.3 is 5.97 Å². The van der Waals surface area contributed by atoms with E-state index in [0.29, 0.717) is 12.1 Å². The number of aromatic nitrogens is 1. The van der Waals surface area contributed by atoms with Gasteiger partial charge in [0.25, 0.3) is 0 Å². The standard InChI is InChI=1S/C20H20N2O4S/c1-13-3-2-4-14(7-13)8-16(20(24)25)10-21-18(23)9-17-12-27-19(22-17)15-5-6-26-11-15/h2-7,11-12,16H,8-10H2,1H3,(H,21,23)(H,24,25). The zero-order chi connectivity index (χ0) is 19.2. The summed E-state index contributed by atoms with van der Waals surface area (Å²) >= 11 is 1.44. The first-order valence-corrected chi connectivity index (χ1v) is 9.41. The first-order chi connectivity index (χ1) is 13.0. The Labute approximate surface area is 160 Å². The van der Waals surface area contributed by atoms with Gasteiger partial charge in [-0.2, -0.15) is 0 Å². The Bertz CT molecular complexity index is 918. The van der Waals surface area contributed by atoms with Crippen molar-refractivity contribution in [3.63, 3.8) is 0 Å². The second-order valence-electron chi connectivity index (χ2n) is 6.37. The van der Waals surface area contributed by atoms with E-state index in [1.807, 2.05) is 42.6 Å². The molecule has 0 saturated heterocycles. The molecule has 1 atom stereocenters. The third kappa shape index (κ3) is 5.27. The fourth-order valence-corrected chi connectivity index (χ4v) is 3.55. The molecule has 0 saturated carbocycles. The van der Waals surface area contributed by atoms with Crippen LogP contribution in [0.2, 0.25) is 0 Å². The van der Waals surface area contributed by atoms with Crippen molar-refractivity contribution in [3.05, 3.63) is 65.1 Å². The van der Waals surface area contributed by atoms with Crippen LogP contribution in [-0.2, 0) is 22.4 Å². The number of nitrogens with zero attached hydrogens (tertiary/aromatic N) is 1. The summed E-state index contributed by atoms with van der Waals surface area (Å²) in [6, 6.07) is 9.54. The van der Waals surface area contributed by atoms with Crippen molar-refractivity contribution in [1.82, 2.24) is 10.3 Å². The number of furan rings is 1. The van der Waals surface area contributed by atoms with E-state index in [4.69, 9.17) is 4.42 Å². The molecule has 0 fully saturated rings. The predicted molar refractivity (Wildman–Crippen MR) is 103 cm³/mol. The van der Waals surface area contributed by atoms with Gasteiger partial charge < -0.3 is 14.8 Å². The summed E-state index contributed by atoms with van der Waals surface area (Å²) in [5.74, 6) is -1.84. The van der Waals surface area contributed by atoms with E-state index in [2.05, 4.69) is 10.3 Å². The number of rotatable bonds is 8. The van der Waals surface area contributed by atoms with Crippen LogP contribution in [0.5, 0.6) is 0 Å². The number of hydrogen-bond donors (Lipinski definition) is 2. The molecule has 0 bridgehead atoms. The third-order valence-corrected chi connectivity index (χ3v) is 5.06. The maximum Gasteiger partial charge on any atom is 0.308 e. The number of carbonyl (C=O) groups excluding carboxylic acids is 1. The molecule has 6 nitrogen and oxygen atoms in total. The number of carboxylic acid groups (broad SMARTS) is 1. The maximum absolute atomic E-state index is 12.2. The molecule has 2 N–H and O–H groups in total. The molecule has 3 aromatic rings. The quantitative estimate of drug-likeness (QED) is 0.622. The van der Waals surface area contributed by atoms with Gasteiger partial charge in [-0.25, -0.2) is 4.98 Å². The molecular weight excluding hydrogens is 364 g/mol. The highest BCUT2D eigenvalue weighted by Gasteiger charge is 2.19. The largest absolute Gasteiger partial charge is 0.481 e. The minimum absolute atomic E-state index is 0.0842. The number of nitrogens with one attached hydrogen (secondary N) is 1. The van der Waals surface area contributed by atoms with Crippen LogP contribution in [0.1, 0.15) is 16.8 Å². The number of hydrogen-bond acceptors (Lipinski definition) is 5. The summed E-state index contributed by atoms with van der Waals surface area (Å²) in [6.07, 6.45) is 3.67. The van der Waals surface area contributed by atoms with Crippen molar-refractivity contribution in [2.75, 3.05) is 6.54 Å². The lowest BCUT2D eigenvalue weighted by atomic mass is 9.98. The zero-order valence-electron chi connectivity index (χ0n) is 14.8. The van der Waals surface area contributed by atoms with Gasteiger partial charge in [-0.15, -0.1) is 11.3 Å². The Kier molecular flexibility index (Phi) is 6.03. The van der Waals surface area contributed by atoms with Gasteiger partial charge in [-0.05, 0) is 25.0 Å². The van der Waals surface area contributed by atoms with E-state index in [1.165, 1.54) is 11.3 Å². The number of benzene rings is 1. The second-order valence-corrected chi connectivity index (χ2v) is 7.22. The Morgan fingerprint density at radius 2 is 2.19 bits per heavy atom.